The fourth-order valence-electron chi connectivity index (χ4n) is 4.14. The molecule has 4 rings (SSSR count). The van der Waals surface area contributed by atoms with Gasteiger partial charge in [0.1, 0.15) is 6.29 Å². The Kier molecular flexibility index (Phi) is 5.11. The highest BCUT2D eigenvalue weighted by Crippen LogP contribution is 2.32. The molecule has 1 aromatic carbocycles. The third-order valence-electron chi connectivity index (χ3n) is 5.66. The highest BCUT2D eigenvalue weighted by molar-refractivity contribution is 6.08. The summed E-state index contributed by atoms with van der Waals surface area (Å²) in [5.41, 5.74) is 5.77. The molecular formula is C23H24F2N2O. The standard InChI is InChI=1S/C23H24F2N2O/c1-16-2-3-18-4-5-19(10-22(18)21(8-16)14-28)20-9-17(11-26-12-20)13-27-7-6-23(24,25)15-27/h4-5,8-12,14,16H,2-3,6-7,13,15H2,1H3. The summed E-state index contributed by atoms with van der Waals surface area (Å²) in [6.07, 6.45) is 8.41. The molecule has 1 aliphatic carbocycles. The summed E-state index contributed by atoms with van der Waals surface area (Å²) in [5.74, 6) is -2.21. The Morgan fingerprint density at radius 1 is 1.25 bits per heavy atom. The number of alkyl halides is 2. The van der Waals surface area contributed by atoms with Crippen LogP contribution in [0.1, 0.15) is 36.5 Å². The number of aryl methyl sites for hydroxylation is 1. The summed E-state index contributed by atoms with van der Waals surface area (Å²) in [6.45, 7) is 2.81. The highest BCUT2D eigenvalue weighted by atomic mass is 19.3. The summed E-state index contributed by atoms with van der Waals surface area (Å²) >= 11 is 0. The first-order valence-corrected chi connectivity index (χ1v) is 9.78. The van der Waals surface area contributed by atoms with Gasteiger partial charge in [-0.05, 0) is 53.1 Å². The second-order valence-electron chi connectivity index (χ2n) is 8.03. The molecule has 28 heavy (non-hydrogen) atoms. The maximum Gasteiger partial charge on any atom is 0.261 e. The number of aldehydes is 1. The van der Waals surface area contributed by atoms with Gasteiger partial charge in [-0.1, -0.05) is 25.1 Å². The van der Waals surface area contributed by atoms with Gasteiger partial charge >= 0.3 is 0 Å². The Hall–Kier alpha value is -2.40. The molecule has 1 aromatic heterocycles. The third-order valence-corrected chi connectivity index (χ3v) is 5.66. The zero-order valence-corrected chi connectivity index (χ0v) is 16.0. The Bertz CT molecular complexity index is 923. The Morgan fingerprint density at radius 2 is 2.11 bits per heavy atom. The summed E-state index contributed by atoms with van der Waals surface area (Å²) in [7, 11) is 0. The monoisotopic (exact) mass is 382 g/mol. The molecule has 0 spiro atoms. The maximum absolute atomic E-state index is 13.4. The molecule has 3 nitrogen and oxygen atoms in total. The lowest BCUT2D eigenvalue weighted by molar-refractivity contribution is -0.103. The number of hydrogen-bond acceptors (Lipinski definition) is 3. The van der Waals surface area contributed by atoms with Crippen LogP contribution in [0.4, 0.5) is 8.78 Å². The molecule has 2 aliphatic rings. The van der Waals surface area contributed by atoms with E-state index in [2.05, 4.69) is 30.1 Å². The van der Waals surface area contributed by atoms with Crippen LogP contribution in [-0.4, -0.2) is 35.2 Å². The predicted octanol–water partition coefficient (Wildman–Crippen LogP) is 4.75. The second-order valence-corrected chi connectivity index (χ2v) is 8.03. The van der Waals surface area contributed by atoms with Gasteiger partial charge in [0.25, 0.3) is 5.92 Å². The van der Waals surface area contributed by atoms with Crippen molar-refractivity contribution >= 4 is 11.9 Å². The average Bonchev–Trinajstić information content (AvgIpc) is 2.93. The van der Waals surface area contributed by atoms with Gasteiger partial charge in [-0.25, -0.2) is 8.78 Å². The van der Waals surface area contributed by atoms with Crippen molar-refractivity contribution in [2.45, 2.75) is 38.7 Å². The number of aromatic nitrogens is 1. The van der Waals surface area contributed by atoms with Crippen LogP contribution in [0.3, 0.4) is 0 Å². The Labute approximate surface area is 164 Å². The number of fused-ring (bicyclic) bond motifs is 1. The van der Waals surface area contributed by atoms with Crippen molar-refractivity contribution in [3.8, 4) is 11.1 Å². The molecule has 1 aliphatic heterocycles. The summed E-state index contributed by atoms with van der Waals surface area (Å²) in [5, 5.41) is 0. The normalized spacial score (nSPS) is 21.7. The van der Waals surface area contributed by atoms with Crippen LogP contribution in [0, 0.1) is 5.92 Å². The summed E-state index contributed by atoms with van der Waals surface area (Å²) in [4.78, 5) is 17.7. The maximum atomic E-state index is 13.4. The van der Waals surface area contributed by atoms with Crippen molar-refractivity contribution in [3.63, 3.8) is 0 Å². The number of nitrogens with zero attached hydrogens (tertiary/aromatic N) is 2. The van der Waals surface area contributed by atoms with Crippen molar-refractivity contribution in [2.24, 2.45) is 5.92 Å². The van der Waals surface area contributed by atoms with E-state index in [9.17, 15) is 13.6 Å². The quantitative estimate of drug-likeness (QED) is 0.715. The molecule has 1 unspecified atom stereocenters. The summed E-state index contributed by atoms with van der Waals surface area (Å²) < 4.78 is 26.9. The third kappa shape index (κ3) is 4.04. The van der Waals surface area contributed by atoms with Crippen LogP contribution in [-0.2, 0) is 17.8 Å². The van der Waals surface area contributed by atoms with E-state index in [0.717, 1.165) is 47.0 Å². The van der Waals surface area contributed by atoms with Crippen molar-refractivity contribution in [3.05, 3.63) is 59.4 Å². The van der Waals surface area contributed by atoms with Gasteiger partial charge in [-0.15, -0.1) is 0 Å². The molecule has 1 fully saturated rings. The van der Waals surface area contributed by atoms with Gasteiger partial charge in [0.15, 0.2) is 0 Å². The minimum Gasteiger partial charge on any atom is -0.298 e. The zero-order valence-electron chi connectivity index (χ0n) is 16.0. The average molecular weight is 382 g/mol. The number of carbonyl (C=O) groups is 1. The van der Waals surface area contributed by atoms with E-state index in [1.165, 1.54) is 5.56 Å². The molecule has 146 valence electrons. The lowest BCUT2D eigenvalue weighted by Gasteiger charge is -2.16. The second kappa shape index (κ2) is 7.55. The van der Waals surface area contributed by atoms with E-state index in [-0.39, 0.29) is 13.0 Å². The van der Waals surface area contributed by atoms with E-state index in [1.807, 2.05) is 12.1 Å². The molecule has 0 bridgehead atoms. The smallest absolute Gasteiger partial charge is 0.261 e. The zero-order chi connectivity index (χ0) is 19.7. The van der Waals surface area contributed by atoms with Crippen molar-refractivity contribution in [1.29, 1.82) is 0 Å². The molecule has 1 saturated heterocycles. The van der Waals surface area contributed by atoms with Crippen molar-refractivity contribution in [1.82, 2.24) is 9.88 Å². The first kappa shape index (κ1) is 18.9. The fourth-order valence-corrected chi connectivity index (χ4v) is 4.14. The van der Waals surface area contributed by atoms with Crippen LogP contribution in [0.15, 0.2) is 42.7 Å². The van der Waals surface area contributed by atoms with E-state index < -0.39 is 5.92 Å². The van der Waals surface area contributed by atoms with Crippen molar-refractivity contribution in [2.75, 3.05) is 13.1 Å². The number of allylic oxidation sites excluding steroid dienone is 2. The Morgan fingerprint density at radius 3 is 2.86 bits per heavy atom. The predicted molar refractivity (Wildman–Crippen MR) is 106 cm³/mol. The molecule has 2 heterocycles. The number of carbonyl (C=O) groups excluding carboxylic acids is 1. The number of likely N-dealkylation sites (tertiary alicyclic amines) is 1. The molecule has 0 amide bonds. The van der Waals surface area contributed by atoms with Gasteiger partial charge in [0, 0.05) is 43.0 Å². The van der Waals surface area contributed by atoms with Crippen LogP contribution >= 0.6 is 0 Å². The number of hydrogen-bond donors (Lipinski definition) is 0. The molecule has 5 heteroatoms. The minimum atomic E-state index is -2.59. The molecule has 2 aromatic rings. The van der Waals surface area contributed by atoms with E-state index in [1.54, 1.807) is 17.3 Å². The van der Waals surface area contributed by atoms with Crippen LogP contribution in [0.25, 0.3) is 16.7 Å². The van der Waals surface area contributed by atoms with Crippen LogP contribution < -0.4 is 0 Å². The Balaban J connectivity index is 1.62. The van der Waals surface area contributed by atoms with E-state index >= 15 is 0 Å². The highest BCUT2D eigenvalue weighted by Gasteiger charge is 2.37. The number of benzene rings is 1. The largest absolute Gasteiger partial charge is 0.298 e. The SMILES string of the molecule is CC1C=C(C=O)c2cc(-c3cncc(CN4CCC(F)(F)C4)c3)ccc2CC1. The van der Waals surface area contributed by atoms with Crippen LogP contribution in [0.2, 0.25) is 0 Å². The van der Waals surface area contributed by atoms with E-state index in [4.69, 9.17) is 0 Å². The van der Waals surface area contributed by atoms with Gasteiger partial charge in [0.05, 0.1) is 6.54 Å². The fraction of sp³-hybridized carbons (Fsp3) is 0.391. The molecule has 0 N–H and O–H groups in total. The van der Waals surface area contributed by atoms with Gasteiger partial charge in [0.2, 0.25) is 0 Å². The van der Waals surface area contributed by atoms with Crippen LogP contribution in [0.5, 0.6) is 0 Å². The van der Waals surface area contributed by atoms with Gasteiger partial charge in [-0.2, -0.15) is 0 Å². The molecular weight excluding hydrogens is 358 g/mol. The molecule has 1 atom stereocenters. The van der Waals surface area contributed by atoms with Gasteiger partial charge < -0.3 is 0 Å². The number of pyridine rings is 1. The first-order valence-electron chi connectivity index (χ1n) is 9.78. The van der Waals surface area contributed by atoms with Gasteiger partial charge in [-0.3, -0.25) is 14.7 Å². The van der Waals surface area contributed by atoms with E-state index in [0.29, 0.717) is 19.0 Å². The minimum absolute atomic E-state index is 0.0792. The number of rotatable bonds is 4. The molecule has 0 saturated carbocycles. The summed E-state index contributed by atoms with van der Waals surface area (Å²) in [6, 6.07) is 8.21. The first-order chi connectivity index (χ1) is 13.4. The number of halogens is 2. The molecule has 0 radical (unpaired) electrons. The lowest BCUT2D eigenvalue weighted by Crippen LogP contribution is -2.24. The topological polar surface area (TPSA) is 33.2 Å². The van der Waals surface area contributed by atoms with Crippen molar-refractivity contribution < 1.29 is 13.6 Å². The lowest BCUT2D eigenvalue weighted by atomic mass is 9.94.